The van der Waals surface area contributed by atoms with Crippen molar-refractivity contribution in [1.29, 1.82) is 0 Å². The standard InChI is InChI=1S/C14H20BrNO/c15-10-14(6-2-7-14)11-16(12-4-5-12)9-13-3-1-8-17-13/h1,3,8,12H,2,4-7,9-11H2. The molecule has 1 aromatic rings. The molecule has 94 valence electrons. The lowest BCUT2D eigenvalue weighted by atomic mass is 9.70. The molecule has 0 N–H and O–H groups in total. The van der Waals surface area contributed by atoms with Crippen molar-refractivity contribution in [2.75, 3.05) is 11.9 Å². The molecule has 1 heterocycles. The number of alkyl halides is 1. The van der Waals surface area contributed by atoms with Gasteiger partial charge < -0.3 is 4.42 Å². The number of rotatable bonds is 6. The molecule has 0 radical (unpaired) electrons. The van der Waals surface area contributed by atoms with Gasteiger partial charge in [0.25, 0.3) is 0 Å². The van der Waals surface area contributed by atoms with Gasteiger partial charge in [0, 0.05) is 17.9 Å². The van der Waals surface area contributed by atoms with Gasteiger partial charge in [0.1, 0.15) is 5.76 Å². The largest absolute Gasteiger partial charge is 0.468 e. The summed E-state index contributed by atoms with van der Waals surface area (Å²) in [5, 5.41) is 1.15. The highest BCUT2D eigenvalue weighted by atomic mass is 79.9. The van der Waals surface area contributed by atoms with E-state index in [2.05, 4.69) is 26.9 Å². The van der Waals surface area contributed by atoms with Gasteiger partial charge in [-0.1, -0.05) is 22.4 Å². The summed E-state index contributed by atoms with van der Waals surface area (Å²) in [5.41, 5.74) is 0.551. The molecule has 0 spiro atoms. The maximum atomic E-state index is 5.49. The van der Waals surface area contributed by atoms with E-state index in [9.17, 15) is 0 Å². The molecule has 0 unspecified atom stereocenters. The Hall–Kier alpha value is -0.280. The molecule has 2 aliphatic rings. The van der Waals surface area contributed by atoms with Crippen molar-refractivity contribution < 1.29 is 4.42 Å². The van der Waals surface area contributed by atoms with Crippen molar-refractivity contribution in [3.8, 4) is 0 Å². The average molecular weight is 298 g/mol. The number of furan rings is 1. The molecule has 2 aliphatic carbocycles. The smallest absolute Gasteiger partial charge is 0.117 e. The number of hydrogen-bond acceptors (Lipinski definition) is 2. The fraction of sp³-hybridized carbons (Fsp3) is 0.714. The molecule has 0 aromatic carbocycles. The Bertz CT molecular complexity index is 349. The Labute approximate surface area is 111 Å². The maximum Gasteiger partial charge on any atom is 0.117 e. The number of hydrogen-bond donors (Lipinski definition) is 0. The molecule has 0 atom stereocenters. The summed E-state index contributed by atoms with van der Waals surface area (Å²) < 4.78 is 5.49. The molecular formula is C14H20BrNO. The zero-order valence-corrected chi connectivity index (χ0v) is 11.8. The minimum absolute atomic E-state index is 0.551. The molecule has 2 saturated carbocycles. The predicted molar refractivity (Wildman–Crippen MR) is 72.2 cm³/mol. The summed E-state index contributed by atoms with van der Waals surface area (Å²) in [6.07, 6.45) is 8.71. The zero-order valence-electron chi connectivity index (χ0n) is 10.2. The van der Waals surface area contributed by atoms with Gasteiger partial charge in [-0.25, -0.2) is 0 Å². The average Bonchev–Trinajstić information content (AvgIpc) is 3.01. The van der Waals surface area contributed by atoms with Crippen LogP contribution in [0, 0.1) is 5.41 Å². The Morgan fingerprint density at radius 3 is 2.71 bits per heavy atom. The lowest BCUT2D eigenvalue weighted by Crippen LogP contribution is -2.44. The van der Waals surface area contributed by atoms with Crippen LogP contribution >= 0.6 is 15.9 Å². The Balaban J connectivity index is 1.64. The molecule has 0 aliphatic heterocycles. The minimum atomic E-state index is 0.551. The van der Waals surface area contributed by atoms with Crippen LogP contribution in [-0.4, -0.2) is 22.8 Å². The molecule has 3 heteroatoms. The summed E-state index contributed by atoms with van der Waals surface area (Å²) in [7, 11) is 0. The van der Waals surface area contributed by atoms with Crippen molar-refractivity contribution in [2.24, 2.45) is 5.41 Å². The van der Waals surface area contributed by atoms with Gasteiger partial charge in [0.15, 0.2) is 0 Å². The van der Waals surface area contributed by atoms with Gasteiger partial charge in [0.05, 0.1) is 12.8 Å². The van der Waals surface area contributed by atoms with E-state index in [1.807, 2.05) is 6.07 Å². The van der Waals surface area contributed by atoms with Crippen molar-refractivity contribution >= 4 is 15.9 Å². The lowest BCUT2D eigenvalue weighted by molar-refractivity contribution is 0.0778. The summed E-state index contributed by atoms with van der Waals surface area (Å²) in [4.78, 5) is 2.64. The molecule has 0 bridgehead atoms. The van der Waals surface area contributed by atoms with Gasteiger partial charge in [-0.3, -0.25) is 4.90 Å². The fourth-order valence-electron chi connectivity index (χ4n) is 2.80. The number of nitrogens with zero attached hydrogens (tertiary/aromatic N) is 1. The van der Waals surface area contributed by atoms with Gasteiger partial charge in [-0.15, -0.1) is 0 Å². The third kappa shape index (κ3) is 2.60. The first-order valence-electron chi connectivity index (χ1n) is 6.64. The molecule has 17 heavy (non-hydrogen) atoms. The van der Waals surface area contributed by atoms with E-state index in [0.29, 0.717) is 5.41 Å². The van der Waals surface area contributed by atoms with Crippen LogP contribution < -0.4 is 0 Å². The first-order chi connectivity index (χ1) is 8.31. The normalized spacial score (nSPS) is 22.7. The van der Waals surface area contributed by atoms with E-state index < -0.39 is 0 Å². The summed E-state index contributed by atoms with van der Waals surface area (Å²) in [6.45, 7) is 2.23. The lowest BCUT2D eigenvalue weighted by Gasteiger charge is -2.44. The highest BCUT2D eigenvalue weighted by Crippen LogP contribution is 2.45. The molecule has 3 rings (SSSR count). The van der Waals surface area contributed by atoms with Crippen LogP contribution in [0.5, 0.6) is 0 Å². The van der Waals surface area contributed by atoms with Crippen molar-refractivity contribution in [1.82, 2.24) is 4.90 Å². The third-order valence-electron chi connectivity index (χ3n) is 4.24. The first-order valence-corrected chi connectivity index (χ1v) is 7.76. The van der Waals surface area contributed by atoms with E-state index in [0.717, 1.165) is 23.7 Å². The van der Waals surface area contributed by atoms with Gasteiger partial charge >= 0.3 is 0 Å². The quantitative estimate of drug-likeness (QED) is 0.743. The van der Waals surface area contributed by atoms with E-state index in [4.69, 9.17) is 4.42 Å². The molecule has 0 saturated heterocycles. The zero-order chi connectivity index (χ0) is 11.7. The molecule has 2 nitrogen and oxygen atoms in total. The summed E-state index contributed by atoms with van der Waals surface area (Å²) in [6, 6.07) is 4.90. The van der Waals surface area contributed by atoms with Crippen LogP contribution in [0.1, 0.15) is 37.9 Å². The monoisotopic (exact) mass is 297 g/mol. The highest BCUT2D eigenvalue weighted by Gasteiger charge is 2.41. The van der Waals surface area contributed by atoms with Crippen LogP contribution in [0.2, 0.25) is 0 Å². The Kier molecular flexibility index (Phi) is 3.31. The second-order valence-corrected chi connectivity index (χ2v) is 6.26. The predicted octanol–water partition coefficient (Wildman–Crippen LogP) is 3.81. The van der Waals surface area contributed by atoms with Crippen molar-refractivity contribution in [2.45, 2.75) is 44.7 Å². The van der Waals surface area contributed by atoms with Gasteiger partial charge in [0.2, 0.25) is 0 Å². The second kappa shape index (κ2) is 4.77. The van der Waals surface area contributed by atoms with Crippen LogP contribution in [0.15, 0.2) is 22.8 Å². The topological polar surface area (TPSA) is 16.4 Å². The second-order valence-electron chi connectivity index (χ2n) is 5.70. The van der Waals surface area contributed by atoms with E-state index in [-0.39, 0.29) is 0 Å². The SMILES string of the molecule is BrCC1(CN(Cc2ccco2)C2CC2)CCC1. The Morgan fingerprint density at radius 2 is 2.24 bits per heavy atom. The van der Waals surface area contributed by atoms with E-state index in [1.165, 1.54) is 38.6 Å². The van der Waals surface area contributed by atoms with Gasteiger partial charge in [-0.2, -0.15) is 0 Å². The molecule has 1 aromatic heterocycles. The van der Waals surface area contributed by atoms with E-state index >= 15 is 0 Å². The van der Waals surface area contributed by atoms with Crippen molar-refractivity contribution in [3.05, 3.63) is 24.2 Å². The van der Waals surface area contributed by atoms with Crippen LogP contribution in [0.4, 0.5) is 0 Å². The third-order valence-corrected chi connectivity index (χ3v) is 5.43. The minimum Gasteiger partial charge on any atom is -0.468 e. The number of halogens is 1. The molecule has 0 amide bonds. The van der Waals surface area contributed by atoms with Crippen LogP contribution in [0.3, 0.4) is 0 Å². The fourth-order valence-corrected chi connectivity index (χ4v) is 3.54. The molecular weight excluding hydrogens is 278 g/mol. The van der Waals surface area contributed by atoms with Crippen LogP contribution in [-0.2, 0) is 6.54 Å². The van der Waals surface area contributed by atoms with Gasteiger partial charge in [-0.05, 0) is 43.2 Å². The highest BCUT2D eigenvalue weighted by molar-refractivity contribution is 9.09. The summed E-state index contributed by atoms with van der Waals surface area (Å²) >= 11 is 3.71. The molecule has 2 fully saturated rings. The van der Waals surface area contributed by atoms with E-state index in [1.54, 1.807) is 6.26 Å². The first kappa shape index (κ1) is 11.8. The van der Waals surface area contributed by atoms with Crippen LogP contribution in [0.25, 0.3) is 0 Å². The van der Waals surface area contributed by atoms with Crippen molar-refractivity contribution in [3.63, 3.8) is 0 Å². The maximum absolute atomic E-state index is 5.49. The summed E-state index contributed by atoms with van der Waals surface area (Å²) in [5.74, 6) is 1.11. The Morgan fingerprint density at radius 1 is 1.41 bits per heavy atom.